The summed E-state index contributed by atoms with van der Waals surface area (Å²) in [7, 11) is 1.61. The number of rotatable bonds is 20. The van der Waals surface area contributed by atoms with Crippen LogP contribution < -0.4 is 0 Å². The number of hydrogen-bond donors (Lipinski definition) is 1. The van der Waals surface area contributed by atoms with Crippen molar-refractivity contribution in [2.75, 3.05) is 7.11 Å². The molecular weight excluding hydrogens is 1290 g/mol. The zero-order valence-corrected chi connectivity index (χ0v) is 57.5. The zero-order chi connectivity index (χ0) is 65.1. The van der Waals surface area contributed by atoms with Crippen molar-refractivity contribution in [3.63, 3.8) is 0 Å². The number of hydrogen-bond acceptors (Lipinski definition) is 19. The van der Waals surface area contributed by atoms with Gasteiger partial charge < -0.3 is 24.1 Å². The number of fused-ring (bicyclic) bond motifs is 9. The molecule has 3 aliphatic heterocycles. The molecule has 6 aromatic heterocycles. The highest BCUT2D eigenvalue weighted by molar-refractivity contribution is 7.15. The average molecular weight is 1360 g/mol. The molecule has 1 N–H and O–H groups in total. The van der Waals surface area contributed by atoms with Crippen molar-refractivity contribution in [1.82, 2.24) is 44.3 Å². The molecule has 3 aliphatic rings. The number of aromatic nitrogens is 9. The number of thiophene rings is 3. The Hall–Kier alpha value is -7.12. The highest BCUT2D eigenvalue weighted by Crippen LogP contribution is 2.45. The Morgan fingerprint density at radius 1 is 0.598 bits per heavy atom. The molecule has 4 atom stereocenters. The monoisotopic (exact) mass is 1350 g/mol. The van der Waals surface area contributed by atoms with Gasteiger partial charge in [0.25, 0.3) is 0 Å². The van der Waals surface area contributed by atoms with Crippen LogP contribution in [0.4, 0.5) is 0 Å². The predicted octanol–water partition coefficient (Wildman–Crippen LogP) is 14.5. The van der Waals surface area contributed by atoms with E-state index in [1.165, 1.54) is 0 Å². The SMILES string of the molecule is COCc1nnc2n1-c1sc(CCC(C)(C)OC(=O)C[C@@H]3N=C(c4ccc(Cl)cc4)c4c(sc(CCC(C)(C)OC(=O)C[C@@H]5N=C(c6ccc(Cl)cc6)c6ccsc6-n6c(C)nnc65)c4C)-n4cnnc43)c(C)c1C(c1ccc(Cl)cc1)=N[C@H]2CC(O)OC(C)(C)C. The Morgan fingerprint density at radius 3 is 1.64 bits per heavy atom. The molecular formula is C67H69Cl3N12O7S3. The fourth-order valence-electron chi connectivity index (χ4n) is 11.9. The number of ether oxygens (including phenoxy) is 4. The van der Waals surface area contributed by atoms with Crippen molar-refractivity contribution in [2.45, 2.75) is 162 Å². The van der Waals surface area contributed by atoms with Gasteiger partial charge in [-0.15, -0.1) is 64.6 Å². The summed E-state index contributed by atoms with van der Waals surface area (Å²) < 4.78 is 30.4. The van der Waals surface area contributed by atoms with Crippen LogP contribution in [0.5, 0.6) is 0 Å². The van der Waals surface area contributed by atoms with E-state index < -0.39 is 53.2 Å². The van der Waals surface area contributed by atoms with Crippen LogP contribution in [0.25, 0.3) is 15.0 Å². The summed E-state index contributed by atoms with van der Waals surface area (Å²) in [5, 5.41) is 44.9. The smallest absolute Gasteiger partial charge is 0.308 e. The van der Waals surface area contributed by atoms with Gasteiger partial charge in [0.1, 0.15) is 63.1 Å². The van der Waals surface area contributed by atoms with Gasteiger partial charge in [-0.05, 0) is 154 Å². The average Bonchev–Trinajstić information content (AvgIpc) is 1.61. The lowest BCUT2D eigenvalue weighted by atomic mass is 9.96. The summed E-state index contributed by atoms with van der Waals surface area (Å²) in [6, 6.07) is 22.5. The Bertz CT molecular complexity index is 4360. The second-order valence-electron chi connectivity index (χ2n) is 25.3. The van der Waals surface area contributed by atoms with Crippen molar-refractivity contribution in [3.05, 3.63) is 189 Å². The molecule has 92 heavy (non-hydrogen) atoms. The van der Waals surface area contributed by atoms with Crippen molar-refractivity contribution in [3.8, 4) is 15.0 Å². The number of aliphatic hydroxyl groups is 1. The zero-order valence-electron chi connectivity index (χ0n) is 52.7. The lowest BCUT2D eigenvalue weighted by molar-refractivity contribution is -0.170. The Morgan fingerprint density at radius 2 is 1.09 bits per heavy atom. The number of methoxy groups -OCH3 is 1. The fraction of sp³-hybridized carbons (Fsp3) is 0.388. The number of carbonyl (C=O) groups excluding carboxylic acids is 2. The number of aliphatic imine (C=N–C) groups is 3. The largest absolute Gasteiger partial charge is 0.460 e. The van der Waals surface area contributed by atoms with Gasteiger partial charge in [0.2, 0.25) is 0 Å². The van der Waals surface area contributed by atoms with Crippen LogP contribution in [0.3, 0.4) is 0 Å². The van der Waals surface area contributed by atoms with E-state index in [4.69, 9.17) is 68.7 Å². The standard InChI is InChI=1S/C67H69Cl3N12O7S3/c1-35-48(24-27-66(7,8)89-53(85)32-46-60-78-75-37(3)81(60)62-44(26-29-90-62)56(72-46)38-12-18-41(68)19-13-38)91-63-54(35)57(39-14-20-42(69)21-15-39)73-45(59-77-71-34-80(59)63)30-52(84)88-67(9,10)28-25-49-36(2)55-58(40-16-22-43(70)23-17-40)74-47(31-51(83)87-65(4,5)6)61-79-76-50(33-86-11)82(61)64(55)92-49/h12-23,26,29,34,45-47,51,83H,24-25,27-28,30-33H2,1-11H3/t45-,46-,47-,51?/m0/s1. The molecule has 3 aromatic carbocycles. The molecule has 1 unspecified atom stereocenters. The summed E-state index contributed by atoms with van der Waals surface area (Å²) in [6.45, 7) is 19.6. The van der Waals surface area contributed by atoms with Gasteiger partial charge in [0.05, 0.1) is 35.6 Å². The number of nitrogens with zero attached hydrogens (tertiary/aromatic N) is 12. The summed E-state index contributed by atoms with van der Waals surface area (Å²) in [5.41, 5.74) is 6.88. The van der Waals surface area contributed by atoms with Crippen LogP contribution in [0, 0.1) is 20.8 Å². The van der Waals surface area contributed by atoms with Gasteiger partial charge in [-0.3, -0.25) is 38.3 Å². The van der Waals surface area contributed by atoms with E-state index in [9.17, 15) is 14.7 Å². The molecule has 25 heteroatoms. The second-order valence-corrected chi connectivity index (χ2v) is 29.7. The van der Waals surface area contributed by atoms with Crippen LogP contribution in [-0.2, 0) is 48.0 Å². The van der Waals surface area contributed by atoms with Gasteiger partial charge >= 0.3 is 11.9 Å². The van der Waals surface area contributed by atoms with Crippen molar-refractivity contribution in [1.29, 1.82) is 0 Å². The third-order valence-corrected chi connectivity index (χ3v) is 20.7. The van der Waals surface area contributed by atoms with Gasteiger partial charge in [-0.1, -0.05) is 71.2 Å². The molecule has 478 valence electrons. The van der Waals surface area contributed by atoms with Crippen LogP contribution >= 0.6 is 68.8 Å². The number of aryl methyl sites for hydroxylation is 3. The van der Waals surface area contributed by atoms with E-state index in [0.29, 0.717) is 81.3 Å². The quantitative estimate of drug-likeness (QED) is 0.0555. The van der Waals surface area contributed by atoms with E-state index in [1.54, 1.807) is 47.4 Å². The van der Waals surface area contributed by atoms with Crippen LogP contribution in [0.1, 0.15) is 182 Å². The first-order valence-corrected chi connectivity index (χ1v) is 33.9. The number of aliphatic hydroxyl groups excluding tert-OH is 1. The minimum absolute atomic E-state index is 0.0593. The van der Waals surface area contributed by atoms with Gasteiger partial charge in [-0.25, -0.2) is 0 Å². The van der Waals surface area contributed by atoms with Crippen LogP contribution in [-0.4, -0.2) is 109 Å². The Balaban J connectivity index is 0.773. The highest BCUT2D eigenvalue weighted by Gasteiger charge is 2.39. The van der Waals surface area contributed by atoms with E-state index >= 15 is 0 Å². The van der Waals surface area contributed by atoms with Crippen LogP contribution in [0.2, 0.25) is 15.1 Å². The molecule has 0 radical (unpaired) electrons. The fourth-order valence-corrected chi connectivity index (χ4v) is 15.9. The number of carbonyl (C=O) groups is 2. The van der Waals surface area contributed by atoms with E-state index in [2.05, 4.69) is 44.4 Å². The first-order valence-electron chi connectivity index (χ1n) is 30.2. The normalized spacial score (nSPS) is 16.6. The van der Waals surface area contributed by atoms with Crippen molar-refractivity contribution in [2.24, 2.45) is 15.0 Å². The summed E-state index contributed by atoms with van der Waals surface area (Å²) >= 11 is 24.0. The molecule has 0 bridgehead atoms. The summed E-state index contributed by atoms with van der Waals surface area (Å²) in [5.74, 6) is 2.01. The Kier molecular flexibility index (Phi) is 18.4. The van der Waals surface area contributed by atoms with Crippen LogP contribution in [0.15, 0.2) is 106 Å². The molecule has 9 aromatic rings. The molecule has 0 saturated carbocycles. The lowest BCUT2D eigenvalue weighted by Crippen LogP contribution is -2.29. The van der Waals surface area contributed by atoms with Gasteiger partial charge in [0.15, 0.2) is 29.6 Å². The maximum atomic E-state index is 14.5. The van der Waals surface area contributed by atoms with Gasteiger partial charge in [0, 0.05) is 71.7 Å². The topological polar surface area (TPSA) is 220 Å². The highest BCUT2D eigenvalue weighted by atomic mass is 35.5. The molecule has 19 nitrogen and oxygen atoms in total. The minimum atomic E-state index is -1.14. The summed E-state index contributed by atoms with van der Waals surface area (Å²) in [6.07, 6.45) is 2.56. The molecule has 0 spiro atoms. The van der Waals surface area contributed by atoms with E-state index in [1.807, 2.05) is 153 Å². The molecule has 0 fully saturated rings. The van der Waals surface area contributed by atoms with Gasteiger partial charge in [-0.2, -0.15) is 0 Å². The van der Waals surface area contributed by atoms with E-state index in [0.717, 1.165) is 75.0 Å². The van der Waals surface area contributed by atoms with Crippen molar-refractivity contribution >= 4 is 97.9 Å². The molecule has 9 heterocycles. The molecule has 0 amide bonds. The van der Waals surface area contributed by atoms with E-state index in [-0.39, 0.29) is 25.9 Å². The molecule has 0 aliphatic carbocycles. The molecule has 0 saturated heterocycles. The number of esters is 2. The maximum absolute atomic E-state index is 14.5. The first kappa shape index (κ1) is 65.0. The second kappa shape index (κ2) is 26.0. The predicted molar refractivity (Wildman–Crippen MR) is 360 cm³/mol. The molecule has 12 rings (SSSR count). The summed E-state index contributed by atoms with van der Waals surface area (Å²) in [4.78, 5) is 46.8. The third-order valence-electron chi connectivity index (χ3n) is 16.3. The number of halogens is 3. The minimum Gasteiger partial charge on any atom is -0.460 e. The third kappa shape index (κ3) is 13.5. The lowest BCUT2D eigenvalue weighted by Gasteiger charge is -2.26. The Labute approximate surface area is 560 Å². The first-order chi connectivity index (χ1) is 43.8. The van der Waals surface area contributed by atoms with Crippen molar-refractivity contribution < 1.29 is 33.6 Å². The maximum Gasteiger partial charge on any atom is 0.308 e. The number of benzene rings is 3.